The molecule has 146 valence electrons. The summed E-state index contributed by atoms with van der Waals surface area (Å²) in [5.41, 5.74) is 16.0. The second kappa shape index (κ2) is 11.7. The molecule has 2 amide bonds. The molecule has 0 spiro atoms. The summed E-state index contributed by atoms with van der Waals surface area (Å²) >= 11 is 0. The van der Waals surface area contributed by atoms with Gasteiger partial charge in [0.15, 0.2) is 0 Å². The summed E-state index contributed by atoms with van der Waals surface area (Å²) in [6.07, 6.45) is -2.40. The van der Waals surface area contributed by atoms with E-state index in [9.17, 15) is 24.9 Å². The third-order valence-electron chi connectivity index (χ3n) is 3.34. The van der Waals surface area contributed by atoms with Crippen molar-refractivity contribution in [2.75, 3.05) is 19.9 Å². The molecule has 13 N–H and O–H groups in total. The second-order valence-corrected chi connectivity index (χ2v) is 5.39. The van der Waals surface area contributed by atoms with Crippen molar-refractivity contribution in [3.8, 4) is 0 Å². The van der Waals surface area contributed by atoms with E-state index in [1.807, 2.05) is 0 Å². The van der Waals surface area contributed by atoms with Gasteiger partial charge in [-0.1, -0.05) is 0 Å². The van der Waals surface area contributed by atoms with E-state index in [4.69, 9.17) is 27.4 Å². The van der Waals surface area contributed by atoms with Crippen molar-refractivity contribution in [1.29, 1.82) is 0 Å². The Kier molecular flexibility index (Phi) is 10.9. The van der Waals surface area contributed by atoms with Gasteiger partial charge in [0.1, 0.15) is 11.8 Å². The van der Waals surface area contributed by atoms with Gasteiger partial charge in [-0.15, -0.1) is 0 Å². The van der Waals surface area contributed by atoms with Gasteiger partial charge in [-0.25, -0.2) is 0 Å². The summed E-state index contributed by atoms with van der Waals surface area (Å²) in [6, 6.07) is -3.55. The van der Waals surface area contributed by atoms with E-state index in [1.165, 1.54) is 0 Å². The van der Waals surface area contributed by atoms with Gasteiger partial charge in [0, 0.05) is 19.0 Å². The normalized spacial score (nSPS) is 18.1. The first-order valence-corrected chi connectivity index (χ1v) is 7.44. The van der Waals surface area contributed by atoms with E-state index >= 15 is 0 Å². The Morgan fingerprint density at radius 1 is 1.12 bits per heavy atom. The van der Waals surface area contributed by atoms with Crippen molar-refractivity contribution in [3.63, 3.8) is 0 Å². The largest absolute Gasteiger partial charge is 0.510 e. The molecule has 0 aliphatic rings. The number of nitrogens with two attached hydrogens (primary N) is 3. The molecule has 0 aliphatic heterocycles. The molecular formula is C13H27N5O7. The molecule has 0 aliphatic carbocycles. The number of amides is 2. The van der Waals surface area contributed by atoms with Crippen LogP contribution in [-0.4, -0.2) is 87.6 Å². The first kappa shape index (κ1) is 23.2. The van der Waals surface area contributed by atoms with Crippen LogP contribution in [0.3, 0.4) is 0 Å². The fourth-order valence-corrected chi connectivity index (χ4v) is 1.76. The van der Waals surface area contributed by atoms with E-state index in [2.05, 4.69) is 10.6 Å². The van der Waals surface area contributed by atoms with Crippen molar-refractivity contribution < 1.29 is 35.1 Å². The maximum Gasteiger partial charge on any atom is 0.248 e. The predicted octanol–water partition coefficient (Wildman–Crippen LogP) is -5.30. The van der Waals surface area contributed by atoms with Gasteiger partial charge >= 0.3 is 0 Å². The Morgan fingerprint density at radius 2 is 1.72 bits per heavy atom. The summed E-state index contributed by atoms with van der Waals surface area (Å²) in [6.45, 7) is -1.08. The molecule has 0 saturated carbocycles. The number of hydrogen-bond donors (Lipinski definition) is 10. The minimum absolute atomic E-state index is 0.133. The van der Waals surface area contributed by atoms with Crippen LogP contribution in [0.2, 0.25) is 0 Å². The first-order chi connectivity index (χ1) is 11.6. The molecular weight excluding hydrogens is 338 g/mol. The van der Waals surface area contributed by atoms with Gasteiger partial charge in [0.25, 0.3) is 0 Å². The molecule has 0 saturated heterocycles. The van der Waals surface area contributed by atoms with Gasteiger partial charge in [-0.05, 0) is 0 Å². The van der Waals surface area contributed by atoms with Gasteiger partial charge in [-0.3, -0.25) is 14.9 Å². The van der Waals surface area contributed by atoms with Crippen LogP contribution in [0.1, 0.15) is 6.42 Å². The summed E-state index contributed by atoms with van der Waals surface area (Å²) in [5.74, 6) is -2.47. The molecule has 25 heavy (non-hydrogen) atoms. The van der Waals surface area contributed by atoms with E-state index in [0.29, 0.717) is 6.08 Å². The predicted molar refractivity (Wildman–Crippen MR) is 86.6 cm³/mol. The highest BCUT2D eigenvalue weighted by Crippen LogP contribution is 2.09. The third kappa shape index (κ3) is 8.74. The average Bonchev–Trinajstić information content (AvgIpc) is 2.56. The Hall–Kier alpha value is -1.80. The lowest BCUT2D eigenvalue weighted by atomic mass is 9.99. The highest BCUT2D eigenvalue weighted by Gasteiger charge is 2.26. The number of primary amides is 1. The number of nitrogens with one attached hydrogen (secondary N) is 2. The van der Waals surface area contributed by atoms with Crippen LogP contribution in [0.25, 0.3) is 0 Å². The number of rotatable bonds is 12. The van der Waals surface area contributed by atoms with E-state index < -0.39 is 61.2 Å². The number of hydrogen-bond acceptors (Lipinski definition) is 10. The Bertz CT molecular complexity index is 462. The monoisotopic (exact) mass is 365 g/mol. The van der Waals surface area contributed by atoms with Crippen molar-refractivity contribution in [2.24, 2.45) is 17.2 Å². The van der Waals surface area contributed by atoms with Crippen LogP contribution in [0.5, 0.6) is 0 Å². The summed E-state index contributed by atoms with van der Waals surface area (Å²) < 4.78 is 0. The summed E-state index contributed by atoms with van der Waals surface area (Å²) in [4.78, 5) is 22.9. The fraction of sp³-hybridized carbons (Fsp3) is 0.692. The van der Waals surface area contributed by atoms with Gasteiger partial charge in [0.05, 0.1) is 37.6 Å². The Balaban J connectivity index is 4.74. The minimum Gasteiger partial charge on any atom is -0.510 e. The zero-order valence-corrected chi connectivity index (χ0v) is 13.6. The minimum atomic E-state index is -1.44. The number of carbonyl (C=O) groups is 2. The highest BCUT2D eigenvalue weighted by molar-refractivity contribution is 5.92. The molecule has 0 aromatic carbocycles. The molecule has 0 aromatic rings. The van der Waals surface area contributed by atoms with Crippen LogP contribution in [0.4, 0.5) is 0 Å². The van der Waals surface area contributed by atoms with Crippen LogP contribution in [-0.2, 0) is 9.59 Å². The summed E-state index contributed by atoms with van der Waals surface area (Å²) in [7, 11) is 0. The van der Waals surface area contributed by atoms with Crippen molar-refractivity contribution in [2.45, 2.75) is 36.8 Å². The smallest absolute Gasteiger partial charge is 0.248 e. The van der Waals surface area contributed by atoms with Crippen LogP contribution < -0.4 is 27.8 Å². The molecule has 0 fully saturated rings. The molecule has 12 nitrogen and oxygen atoms in total. The van der Waals surface area contributed by atoms with Crippen LogP contribution in [0.15, 0.2) is 11.8 Å². The quantitative estimate of drug-likeness (QED) is 0.0894. The van der Waals surface area contributed by atoms with Crippen LogP contribution in [0, 0.1) is 0 Å². The number of aliphatic hydroxyl groups is 5. The number of carbonyl (C=O) groups excluding carboxylic acids is 2. The first-order valence-electron chi connectivity index (χ1n) is 7.44. The van der Waals surface area contributed by atoms with Gasteiger partial charge < -0.3 is 48.1 Å². The van der Waals surface area contributed by atoms with E-state index in [1.54, 1.807) is 0 Å². The molecule has 12 heteroatoms. The Morgan fingerprint density at radius 3 is 2.20 bits per heavy atom. The maximum atomic E-state index is 11.8. The third-order valence-corrected chi connectivity index (χ3v) is 3.34. The second-order valence-electron chi connectivity index (χ2n) is 5.39. The lowest BCUT2D eigenvalue weighted by Gasteiger charge is -2.23. The lowest BCUT2D eigenvalue weighted by Crippen LogP contribution is -2.50. The molecule has 0 bridgehead atoms. The standard InChI is InChI=1S/C13H27N5O7/c14-6(4-19)8(21)1-9(22)12(15)10(23)2-11(24)18-7(13(16)25)3-17-5-20/h2,6-9,12,17,19-23H,1,3-5,14-15H2,(H2,16,25)(H,18,24)/b10-2-/t6?,7?,8?,9?,12-/m1/s1. The van der Waals surface area contributed by atoms with Gasteiger partial charge in [0.2, 0.25) is 11.8 Å². The van der Waals surface area contributed by atoms with Crippen molar-refractivity contribution >= 4 is 11.8 Å². The van der Waals surface area contributed by atoms with Crippen molar-refractivity contribution in [1.82, 2.24) is 10.6 Å². The average molecular weight is 365 g/mol. The molecule has 5 atom stereocenters. The number of aliphatic hydroxyl groups excluding tert-OH is 5. The topological polar surface area (TPSA) is 237 Å². The SMILES string of the molecule is NC(=O)C(CNCO)NC(=O)/C=C(\O)[C@H](N)C(O)CC(O)C(N)CO. The highest BCUT2D eigenvalue weighted by atomic mass is 16.3. The van der Waals surface area contributed by atoms with Gasteiger partial charge in [-0.2, -0.15) is 0 Å². The van der Waals surface area contributed by atoms with Crippen molar-refractivity contribution in [3.05, 3.63) is 11.8 Å². The molecule has 4 unspecified atom stereocenters. The maximum absolute atomic E-state index is 11.8. The molecule has 0 radical (unpaired) electrons. The zero-order valence-electron chi connectivity index (χ0n) is 13.6. The molecule has 0 rings (SSSR count). The van der Waals surface area contributed by atoms with E-state index in [-0.39, 0.29) is 13.0 Å². The van der Waals surface area contributed by atoms with E-state index in [0.717, 1.165) is 0 Å². The lowest BCUT2D eigenvalue weighted by molar-refractivity contribution is -0.125. The zero-order chi connectivity index (χ0) is 19.6. The van der Waals surface area contributed by atoms with Crippen LogP contribution >= 0.6 is 0 Å². The molecule has 0 heterocycles. The summed E-state index contributed by atoms with van der Waals surface area (Å²) in [5, 5.41) is 51.2. The molecule has 0 aromatic heterocycles. The fourth-order valence-electron chi connectivity index (χ4n) is 1.76. The Labute approximate surface area is 144 Å².